The largest absolute Gasteiger partial charge is 0.366 e. The van der Waals surface area contributed by atoms with Crippen LogP contribution in [0.3, 0.4) is 0 Å². The van der Waals surface area contributed by atoms with Crippen LogP contribution in [0.4, 0.5) is 0 Å². The van der Waals surface area contributed by atoms with Gasteiger partial charge < -0.3 is 4.74 Å². The summed E-state index contributed by atoms with van der Waals surface area (Å²) in [4.78, 5) is 1.13. The molecule has 0 saturated carbocycles. The Kier molecular flexibility index (Phi) is 3.46. The zero-order valence-electron chi connectivity index (χ0n) is 6.67. The van der Waals surface area contributed by atoms with Crippen LogP contribution in [-0.2, 0) is 4.74 Å². The maximum Gasteiger partial charge on any atom is 0.0971 e. The second-order valence-corrected chi connectivity index (χ2v) is 3.27. The molecule has 1 rings (SSSR count). The molecule has 1 nitrogen and oxygen atoms in total. The highest BCUT2D eigenvalue weighted by Crippen LogP contribution is 2.27. The molecule has 0 atom stereocenters. The molecule has 0 unspecified atom stereocenters. The van der Waals surface area contributed by atoms with Crippen LogP contribution in [0.1, 0.15) is 6.92 Å². The predicted molar refractivity (Wildman–Crippen MR) is 50.4 cm³/mol. The first-order chi connectivity index (χ1) is 5.34. The molecule has 11 heavy (non-hydrogen) atoms. The number of allylic oxidation sites excluding steroid dienone is 3. The topological polar surface area (TPSA) is 9.23 Å². The van der Waals surface area contributed by atoms with Gasteiger partial charge in [-0.1, -0.05) is 36.6 Å². The molecular weight excluding hydrogens is 156 g/mol. The average molecular weight is 168 g/mol. The van der Waals surface area contributed by atoms with Crippen molar-refractivity contribution >= 4 is 11.8 Å². The second-order valence-electron chi connectivity index (χ2n) is 2.25. The molecule has 60 valence electrons. The van der Waals surface area contributed by atoms with Gasteiger partial charge in [0.15, 0.2) is 0 Å². The number of ether oxygens (including phenoxy) is 1. The van der Waals surface area contributed by atoms with Gasteiger partial charge in [0, 0.05) is 4.91 Å². The lowest BCUT2D eigenvalue weighted by Crippen LogP contribution is -2.05. The van der Waals surface area contributed by atoms with Crippen LogP contribution < -0.4 is 0 Å². The molecule has 0 amide bonds. The summed E-state index contributed by atoms with van der Waals surface area (Å²) in [6.45, 7) is 6.63. The standard InChI is InChI=1S/C9H12OS/c1-3-4-5-9-6-10-7-11-8(9)2/h3-5H,2,6-7H2,1H3/b4-3-,9-5-. The zero-order chi connectivity index (χ0) is 8.10. The van der Waals surface area contributed by atoms with E-state index >= 15 is 0 Å². The minimum Gasteiger partial charge on any atom is -0.366 e. The van der Waals surface area contributed by atoms with Crippen molar-refractivity contribution in [1.82, 2.24) is 0 Å². The van der Waals surface area contributed by atoms with Gasteiger partial charge in [0.25, 0.3) is 0 Å². The van der Waals surface area contributed by atoms with E-state index in [1.54, 1.807) is 11.8 Å². The van der Waals surface area contributed by atoms with Crippen molar-refractivity contribution in [3.8, 4) is 0 Å². The van der Waals surface area contributed by atoms with Gasteiger partial charge in [-0.25, -0.2) is 0 Å². The monoisotopic (exact) mass is 168 g/mol. The number of thioether (sulfide) groups is 1. The molecule has 0 aromatic heterocycles. The van der Waals surface area contributed by atoms with E-state index in [1.807, 2.05) is 19.1 Å². The first kappa shape index (κ1) is 8.62. The summed E-state index contributed by atoms with van der Waals surface area (Å²) in [7, 11) is 0. The molecule has 1 heterocycles. The van der Waals surface area contributed by atoms with E-state index in [4.69, 9.17) is 4.74 Å². The summed E-state index contributed by atoms with van der Waals surface area (Å²) in [5, 5.41) is 0. The molecule has 0 bridgehead atoms. The van der Waals surface area contributed by atoms with Gasteiger partial charge in [-0.3, -0.25) is 0 Å². The van der Waals surface area contributed by atoms with Gasteiger partial charge in [0.1, 0.15) is 0 Å². The third-order valence-corrected chi connectivity index (χ3v) is 2.32. The number of rotatable bonds is 1. The Morgan fingerprint density at radius 3 is 3.09 bits per heavy atom. The summed E-state index contributed by atoms with van der Waals surface area (Å²) in [5.41, 5.74) is 1.19. The molecule has 0 radical (unpaired) electrons. The molecule has 1 aliphatic rings. The highest BCUT2D eigenvalue weighted by Gasteiger charge is 2.08. The molecule has 0 aromatic carbocycles. The lowest BCUT2D eigenvalue weighted by Gasteiger charge is -2.15. The Bertz CT molecular complexity index is 204. The molecule has 0 aliphatic carbocycles. The molecule has 0 aromatic rings. The lowest BCUT2D eigenvalue weighted by atomic mass is 10.2. The normalized spacial score (nSPS) is 23.4. The predicted octanol–water partition coefficient (Wildman–Crippen LogP) is 2.72. The van der Waals surface area contributed by atoms with Crippen molar-refractivity contribution in [2.75, 3.05) is 12.5 Å². The van der Waals surface area contributed by atoms with Gasteiger partial charge in [0.05, 0.1) is 12.5 Å². The maximum absolute atomic E-state index is 5.25. The Morgan fingerprint density at radius 2 is 2.45 bits per heavy atom. The summed E-state index contributed by atoms with van der Waals surface area (Å²) in [5.74, 6) is 0.742. The third kappa shape index (κ3) is 2.56. The van der Waals surface area contributed by atoms with Crippen molar-refractivity contribution in [2.24, 2.45) is 0 Å². The van der Waals surface area contributed by atoms with Crippen molar-refractivity contribution in [3.63, 3.8) is 0 Å². The number of hydrogen-bond donors (Lipinski definition) is 0. The first-order valence-corrected chi connectivity index (χ1v) is 4.55. The van der Waals surface area contributed by atoms with Crippen molar-refractivity contribution in [1.29, 1.82) is 0 Å². The Labute approximate surface area is 71.8 Å². The minimum atomic E-state index is 0.705. The van der Waals surface area contributed by atoms with Crippen LogP contribution in [0.25, 0.3) is 0 Å². The second kappa shape index (κ2) is 4.42. The molecular formula is C9H12OS. The number of hydrogen-bond acceptors (Lipinski definition) is 2. The van der Waals surface area contributed by atoms with E-state index in [9.17, 15) is 0 Å². The van der Waals surface area contributed by atoms with E-state index in [0.29, 0.717) is 6.61 Å². The van der Waals surface area contributed by atoms with Crippen molar-refractivity contribution < 1.29 is 4.74 Å². The maximum atomic E-state index is 5.25. The summed E-state index contributed by atoms with van der Waals surface area (Å²) in [6.07, 6.45) is 6.06. The van der Waals surface area contributed by atoms with E-state index in [0.717, 1.165) is 10.8 Å². The smallest absolute Gasteiger partial charge is 0.0971 e. The van der Waals surface area contributed by atoms with Crippen LogP contribution in [-0.4, -0.2) is 12.5 Å². The Morgan fingerprint density at radius 1 is 1.64 bits per heavy atom. The van der Waals surface area contributed by atoms with E-state index < -0.39 is 0 Å². The molecule has 1 fully saturated rings. The van der Waals surface area contributed by atoms with Crippen LogP contribution >= 0.6 is 11.8 Å². The van der Waals surface area contributed by atoms with Crippen LogP contribution in [0.2, 0.25) is 0 Å². The fourth-order valence-electron chi connectivity index (χ4n) is 0.791. The summed E-state index contributed by atoms with van der Waals surface area (Å²) in [6, 6.07) is 0. The average Bonchev–Trinajstić information content (AvgIpc) is 2.03. The fraction of sp³-hybridized carbons (Fsp3) is 0.333. The lowest BCUT2D eigenvalue weighted by molar-refractivity contribution is 0.207. The van der Waals surface area contributed by atoms with Crippen molar-refractivity contribution in [2.45, 2.75) is 6.92 Å². The third-order valence-electron chi connectivity index (χ3n) is 1.42. The molecule has 0 spiro atoms. The highest BCUT2D eigenvalue weighted by molar-refractivity contribution is 8.03. The van der Waals surface area contributed by atoms with Crippen LogP contribution in [0, 0.1) is 0 Å². The zero-order valence-corrected chi connectivity index (χ0v) is 7.49. The quantitative estimate of drug-likeness (QED) is 0.595. The summed E-state index contributed by atoms with van der Waals surface area (Å²) >= 11 is 1.66. The van der Waals surface area contributed by atoms with Crippen LogP contribution in [0.15, 0.2) is 35.3 Å². The van der Waals surface area contributed by atoms with E-state index in [-0.39, 0.29) is 0 Å². The molecule has 2 heteroatoms. The molecule has 1 saturated heterocycles. The molecule has 1 aliphatic heterocycles. The SMILES string of the molecule is C=C1SCOC/C1=C/C=C\C. The first-order valence-electron chi connectivity index (χ1n) is 3.56. The van der Waals surface area contributed by atoms with Gasteiger partial charge in [-0.2, -0.15) is 0 Å². The minimum absolute atomic E-state index is 0.705. The molecule has 0 N–H and O–H groups in total. The van der Waals surface area contributed by atoms with Gasteiger partial charge in [0.2, 0.25) is 0 Å². The summed E-state index contributed by atoms with van der Waals surface area (Å²) < 4.78 is 5.25. The van der Waals surface area contributed by atoms with E-state index in [1.165, 1.54) is 5.57 Å². The fourth-order valence-corrected chi connectivity index (χ4v) is 1.41. The van der Waals surface area contributed by atoms with Crippen LogP contribution in [0.5, 0.6) is 0 Å². The van der Waals surface area contributed by atoms with Gasteiger partial charge >= 0.3 is 0 Å². The van der Waals surface area contributed by atoms with Gasteiger partial charge in [-0.05, 0) is 12.5 Å². The Balaban J connectivity index is 2.61. The van der Waals surface area contributed by atoms with Gasteiger partial charge in [-0.15, -0.1) is 0 Å². The Hall–Kier alpha value is -0.470. The van der Waals surface area contributed by atoms with Crippen molar-refractivity contribution in [3.05, 3.63) is 35.3 Å². The van der Waals surface area contributed by atoms with E-state index in [2.05, 4.69) is 12.7 Å². The highest BCUT2D eigenvalue weighted by atomic mass is 32.2.